The largest absolute Gasteiger partial charge is 0.457 e. The van der Waals surface area contributed by atoms with E-state index in [1.807, 2.05) is 30.3 Å². The van der Waals surface area contributed by atoms with E-state index in [0.717, 1.165) is 5.69 Å². The Morgan fingerprint density at radius 2 is 1.64 bits per heavy atom. The molecule has 4 rings (SSSR count). The molecule has 6 nitrogen and oxygen atoms in total. The molecule has 2 heterocycles. The maximum atomic E-state index is 12.6. The maximum absolute atomic E-state index is 12.6. The van der Waals surface area contributed by atoms with Crippen molar-refractivity contribution < 1.29 is 14.3 Å². The normalized spacial score (nSPS) is 16.1. The van der Waals surface area contributed by atoms with Crippen molar-refractivity contribution in [1.82, 2.24) is 4.98 Å². The van der Waals surface area contributed by atoms with Crippen LogP contribution in [0, 0.1) is 5.92 Å². The van der Waals surface area contributed by atoms with Crippen LogP contribution in [0.5, 0.6) is 11.5 Å². The Morgan fingerprint density at radius 1 is 0.964 bits per heavy atom. The van der Waals surface area contributed by atoms with Crippen LogP contribution in [0.4, 0.5) is 11.4 Å². The third-order valence-corrected chi connectivity index (χ3v) is 4.57. The Balaban J connectivity index is 1.37. The fourth-order valence-corrected chi connectivity index (χ4v) is 3.13. The zero-order valence-electron chi connectivity index (χ0n) is 15.1. The van der Waals surface area contributed by atoms with E-state index in [2.05, 4.69) is 10.3 Å². The van der Waals surface area contributed by atoms with Gasteiger partial charge in [-0.1, -0.05) is 18.2 Å². The number of hydrogen-bond acceptors (Lipinski definition) is 4. The summed E-state index contributed by atoms with van der Waals surface area (Å²) in [6, 6.07) is 20.1. The quantitative estimate of drug-likeness (QED) is 0.737. The monoisotopic (exact) mass is 373 g/mol. The molecule has 1 aliphatic heterocycles. The summed E-state index contributed by atoms with van der Waals surface area (Å²) in [5.41, 5.74) is 1.48. The zero-order valence-corrected chi connectivity index (χ0v) is 15.1. The number of nitrogens with zero attached hydrogens (tertiary/aromatic N) is 2. The first-order valence-electron chi connectivity index (χ1n) is 9.03. The molecule has 1 aliphatic rings. The number of hydrogen-bond donors (Lipinski definition) is 1. The number of para-hydroxylation sites is 1. The molecule has 1 fully saturated rings. The first-order chi connectivity index (χ1) is 13.7. The van der Waals surface area contributed by atoms with Crippen molar-refractivity contribution in [1.29, 1.82) is 0 Å². The molecule has 140 valence electrons. The van der Waals surface area contributed by atoms with Crippen LogP contribution < -0.4 is 15.0 Å². The number of anilines is 2. The van der Waals surface area contributed by atoms with Crippen LogP contribution >= 0.6 is 0 Å². The lowest BCUT2D eigenvalue weighted by atomic mass is 10.1. The second-order valence-electron chi connectivity index (χ2n) is 6.54. The first-order valence-corrected chi connectivity index (χ1v) is 9.03. The molecule has 1 unspecified atom stereocenters. The molecular weight excluding hydrogens is 354 g/mol. The lowest BCUT2D eigenvalue weighted by Gasteiger charge is -2.16. The number of ether oxygens (including phenoxy) is 1. The van der Waals surface area contributed by atoms with Gasteiger partial charge in [-0.25, -0.2) is 0 Å². The minimum atomic E-state index is -0.375. The number of amides is 2. The highest BCUT2D eigenvalue weighted by Crippen LogP contribution is 2.27. The Labute approximate surface area is 162 Å². The van der Waals surface area contributed by atoms with Crippen LogP contribution in [0.15, 0.2) is 79.1 Å². The number of rotatable bonds is 5. The summed E-state index contributed by atoms with van der Waals surface area (Å²) in [7, 11) is 0. The van der Waals surface area contributed by atoms with Gasteiger partial charge >= 0.3 is 0 Å². The number of pyridine rings is 1. The van der Waals surface area contributed by atoms with E-state index >= 15 is 0 Å². The van der Waals surface area contributed by atoms with E-state index in [-0.39, 0.29) is 24.2 Å². The van der Waals surface area contributed by atoms with Crippen LogP contribution in [0.1, 0.15) is 6.42 Å². The van der Waals surface area contributed by atoms with Crippen LogP contribution in [0.3, 0.4) is 0 Å². The number of benzene rings is 2. The second-order valence-corrected chi connectivity index (χ2v) is 6.54. The van der Waals surface area contributed by atoms with Crippen molar-refractivity contribution in [3.05, 3.63) is 79.1 Å². The minimum Gasteiger partial charge on any atom is -0.457 e. The fraction of sp³-hybridized carbons (Fsp3) is 0.136. The number of carbonyl (C=O) groups is 2. The number of carbonyl (C=O) groups excluding carboxylic acids is 2. The lowest BCUT2D eigenvalue weighted by molar-refractivity contribution is -0.122. The summed E-state index contributed by atoms with van der Waals surface area (Å²) >= 11 is 0. The highest BCUT2D eigenvalue weighted by atomic mass is 16.5. The third kappa shape index (κ3) is 4.01. The summed E-state index contributed by atoms with van der Waals surface area (Å²) < 4.78 is 5.71. The number of aromatic nitrogens is 1. The standard InChI is InChI=1S/C22H19N3O3/c26-21-14-16(15-25(21)18-4-2-1-3-5-18)22(27)24-17-6-8-19(9-7-17)28-20-10-12-23-13-11-20/h1-13,16H,14-15H2,(H,24,27). The third-order valence-electron chi connectivity index (χ3n) is 4.57. The summed E-state index contributed by atoms with van der Waals surface area (Å²) in [4.78, 5) is 30.5. The zero-order chi connectivity index (χ0) is 19.3. The van der Waals surface area contributed by atoms with Crippen molar-refractivity contribution >= 4 is 23.2 Å². The van der Waals surface area contributed by atoms with Gasteiger partial charge in [0, 0.05) is 36.7 Å². The van der Waals surface area contributed by atoms with Gasteiger partial charge in [0.2, 0.25) is 11.8 Å². The smallest absolute Gasteiger partial charge is 0.229 e. The molecule has 28 heavy (non-hydrogen) atoms. The van der Waals surface area contributed by atoms with Crippen molar-refractivity contribution in [3.63, 3.8) is 0 Å². The van der Waals surface area contributed by atoms with E-state index in [4.69, 9.17) is 4.74 Å². The molecular formula is C22H19N3O3. The molecule has 1 N–H and O–H groups in total. The van der Waals surface area contributed by atoms with Gasteiger partial charge in [0.1, 0.15) is 11.5 Å². The summed E-state index contributed by atoms with van der Waals surface area (Å²) in [5.74, 6) is 0.787. The van der Waals surface area contributed by atoms with Crippen molar-refractivity contribution in [2.75, 3.05) is 16.8 Å². The molecule has 1 atom stereocenters. The van der Waals surface area contributed by atoms with Crippen LogP contribution in [-0.2, 0) is 9.59 Å². The van der Waals surface area contributed by atoms with Gasteiger partial charge < -0.3 is 15.0 Å². The van der Waals surface area contributed by atoms with Crippen LogP contribution in [0.2, 0.25) is 0 Å². The topological polar surface area (TPSA) is 71.5 Å². The lowest BCUT2D eigenvalue weighted by Crippen LogP contribution is -2.28. The maximum Gasteiger partial charge on any atom is 0.229 e. The Kier molecular flexibility index (Phi) is 5.01. The van der Waals surface area contributed by atoms with Crippen LogP contribution in [0.25, 0.3) is 0 Å². The fourth-order valence-electron chi connectivity index (χ4n) is 3.13. The van der Waals surface area contributed by atoms with Gasteiger partial charge in [0.15, 0.2) is 0 Å². The highest BCUT2D eigenvalue weighted by molar-refractivity contribution is 6.03. The molecule has 6 heteroatoms. The highest BCUT2D eigenvalue weighted by Gasteiger charge is 2.35. The van der Waals surface area contributed by atoms with Gasteiger partial charge in [0.05, 0.1) is 5.92 Å². The molecule has 1 aromatic heterocycles. The predicted octanol–water partition coefficient (Wildman–Crippen LogP) is 3.87. The summed E-state index contributed by atoms with van der Waals surface area (Å²) in [5, 5.41) is 2.88. The minimum absolute atomic E-state index is 0.0348. The number of nitrogens with one attached hydrogen (secondary N) is 1. The molecule has 0 radical (unpaired) electrons. The Bertz CT molecular complexity index is 959. The molecule has 1 saturated heterocycles. The van der Waals surface area contributed by atoms with Crippen molar-refractivity contribution in [2.45, 2.75) is 6.42 Å². The average Bonchev–Trinajstić information content (AvgIpc) is 3.13. The molecule has 2 aromatic carbocycles. The van der Waals surface area contributed by atoms with E-state index in [1.165, 1.54) is 0 Å². The summed E-state index contributed by atoms with van der Waals surface area (Å²) in [6.45, 7) is 0.387. The van der Waals surface area contributed by atoms with Gasteiger partial charge in [0.25, 0.3) is 0 Å². The van der Waals surface area contributed by atoms with E-state index in [9.17, 15) is 9.59 Å². The summed E-state index contributed by atoms with van der Waals surface area (Å²) in [6.07, 6.45) is 3.53. The molecule has 0 bridgehead atoms. The average molecular weight is 373 g/mol. The van der Waals surface area contributed by atoms with E-state index in [1.54, 1.807) is 53.7 Å². The van der Waals surface area contributed by atoms with E-state index < -0.39 is 0 Å². The molecule has 0 saturated carbocycles. The predicted molar refractivity (Wildman–Crippen MR) is 106 cm³/mol. The molecule has 0 spiro atoms. The molecule has 0 aliphatic carbocycles. The first kappa shape index (κ1) is 17.7. The van der Waals surface area contributed by atoms with E-state index in [0.29, 0.717) is 23.7 Å². The molecule has 2 amide bonds. The Hall–Kier alpha value is -3.67. The molecule has 3 aromatic rings. The van der Waals surface area contributed by atoms with Gasteiger partial charge in [-0.15, -0.1) is 0 Å². The van der Waals surface area contributed by atoms with Crippen LogP contribution in [-0.4, -0.2) is 23.3 Å². The Morgan fingerprint density at radius 3 is 2.36 bits per heavy atom. The van der Waals surface area contributed by atoms with Gasteiger partial charge in [-0.3, -0.25) is 14.6 Å². The SMILES string of the molecule is O=C(Nc1ccc(Oc2ccncc2)cc1)C1CC(=O)N(c2ccccc2)C1. The van der Waals surface area contributed by atoms with Gasteiger partial charge in [-0.2, -0.15) is 0 Å². The van der Waals surface area contributed by atoms with Gasteiger partial charge in [-0.05, 0) is 48.5 Å². The van der Waals surface area contributed by atoms with Crippen molar-refractivity contribution in [2.24, 2.45) is 5.92 Å². The van der Waals surface area contributed by atoms with Crippen molar-refractivity contribution in [3.8, 4) is 11.5 Å². The second kappa shape index (κ2) is 7.92.